The molecular formula is C17H33NO. The predicted octanol–water partition coefficient (Wildman–Crippen LogP) is 5.31. The summed E-state index contributed by atoms with van der Waals surface area (Å²) in [6.45, 7) is 8.93. The lowest BCUT2D eigenvalue weighted by atomic mass is 10.0. The van der Waals surface area contributed by atoms with E-state index in [4.69, 9.17) is 0 Å². The minimum Gasteiger partial charge on any atom is -0.624 e. The van der Waals surface area contributed by atoms with Crippen LogP contribution in [0.4, 0.5) is 0 Å². The third kappa shape index (κ3) is 13.4. The first-order valence-electron chi connectivity index (χ1n) is 7.98. The highest BCUT2D eigenvalue weighted by Gasteiger charge is 2.03. The van der Waals surface area contributed by atoms with Gasteiger partial charge in [0, 0.05) is 5.92 Å². The Hall–Kier alpha value is -0.790. The van der Waals surface area contributed by atoms with Crippen LogP contribution in [0, 0.1) is 11.1 Å². The molecule has 0 aliphatic rings. The first-order valence-corrected chi connectivity index (χ1v) is 7.98. The number of hydrogen-bond donors (Lipinski definition) is 0. The van der Waals surface area contributed by atoms with Gasteiger partial charge in [0.15, 0.2) is 12.8 Å². The Kier molecular flexibility index (Phi) is 11.7. The van der Waals surface area contributed by atoms with Crippen molar-refractivity contribution < 1.29 is 4.74 Å². The Morgan fingerprint density at radius 1 is 1.05 bits per heavy atom. The summed E-state index contributed by atoms with van der Waals surface area (Å²) in [5.74, 6) is 0.402. The van der Waals surface area contributed by atoms with Crippen molar-refractivity contribution in [3.05, 3.63) is 16.9 Å². The summed E-state index contributed by atoms with van der Waals surface area (Å²) < 4.78 is 1.07. The predicted molar refractivity (Wildman–Crippen MR) is 85.8 cm³/mol. The normalized spacial score (nSPS) is 13.4. The van der Waals surface area contributed by atoms with E-state index in [-0.39, 0.29) is 0 Å². The molecule has 19 heavy (non-hydrogen) atoms. The van der Waals surface area contributed by atoms with Crippen LogP contribution in [0.3, 0.4) is 0 Å². The van der Waals surface area contributed by atoms with Gasteiger partial charge in [-0.1, -0.05) is 64.4 Å². The van der Waals surface area contributed by atoms with Gasteiger partial charge in [-0.2, -0.15) is 0 Å². The molecule has 0 saturated carbocycles. The molecule has 0 aromatic heterocycles. The zero-order chi connectivity index (χ0) is 14.5. The summed E-state index contributed by atoms with van der Waals surface area (Å²) in [4.78, 5) is 0. The van der Waals surface area contributed by atoms with Crippen LogP contribution in [0.25, 0.3) is 0 Å². The van der Waals surface area contributed by atoms with Gasteiger partial charge >= 0.3 is 0 Å². The second-order valence-corrected chi connectivity index (χ2v) is 5.92. The average molecular weight is 267 g/mol. The Balaban J connectivity index is 3.60. The van der Waals surface area contributed by atoms with Crippen LogP contribution in [-0.4, -0.2) is 17.5 Å². The van der Waals surface area contributed by atoms with Crippen molar-refractivity contribution in [3.63, 3.8) is 0 Å². The van der Waals surface area contributed by atoms with Crippen molar-refractivity contribution in [1.29, 1.82) is 0 Å². The lowest BCUT2D eigenvalue weighted by Crippen LogP contribution is -2.10. The molecule has 2 nitrogen and oxygen atoms in total. The smallest absolute Gasteiger partial charge is 0.171 e. The fourth-order valence-corrected chi connectivity index (χ4v) is 2.12. The van der Waals surface area contributed by atoms with Gasteiger partial charge in [-0.25, -0.2) is 4.74 Å². The van der Waals surface area contributed by atoms with Crippen LogP contribution in [0.2, 0.25) is 0 Å². The van der Waals surface area contributed by atoms with E-state index < -0.39 is 0 Å². The molecule has 0 saturated heterocycles. The minimum absolute atomic E-state index is 0.402. The Morgan fingerprint density at radius 3 is 2.21 bits per heavy atom. The second-order valence-electron chi connectivity index (χ2n) is 5.92. The van der Waals surface area contributed by atoms with Gasteiger partial charge in [-0.3, -0.25) is 0 Å². The Labute approximate surface area is 120 Å². The summed E-state index contributed by atoms with van der Waals surface area (Å²) >= 11 is 0. The second kappa shape index (κ2) is 12.3. The maximum atomic E-state index is 11.6. The molecule has 0 amide bonds. The monoisotopic (exact) mass is 267 g/mol. The van der Waals surface area contributed by atoms with Crippen LogP contribution in [0.1, 0.15) is 79.1 Å². The molecule has 0 aromatic carbocycles. The van der Waals surface area contributed by atoms with E-state index in [0.29, 0.717) is 12.5 Å². The van der Waals surface area contributed by atoms with E-state index in [1.165, 1.54) is 50.5 Å². The van der Waals surface area contributed by atoms with E-state index in [0.717, 1.165) is 11.2 Å². The molecule has 112 valence electrons. The zero-order valence-electron chi connectivity index (χ0n) is 13.5. The topological polar surface area (TPSA) is 26.1 Å². The fraction of sp³-hybridized carbons (Fsp3) is 0.824. The van der Waals surface area contributed by atoms with E-state index in [9.17, 15) is 5.21 Å². The summed E-state index contributed by atoms with van der Waals surface area (Å²) in [7, 11) is 0. The van der Waals surface area contributed by atoms with Crippen molar-refractivity contribution >= 4 is 6.21 Å². The maximum Gasteiger partial charge on any atom is 0.171 e. The third-order valence-electron chi connectivity index (χ3n) is 3.36. The van der Waals surface area contributed by atoms with Gasteiger partial charge in [0.1, 0.15) is 0 Å². The first kappa shape index (κ1) is 18.2. The van der Waals surface area contributed by atoms with Crippen LogP contribution >= 0.6 is 0 Å². The number of unbranched alkanes of at least 4 members (excludes halogenated alkanes) is 6. The zero-order valence-corrected chi connectivity index (χ0v) is 13.5. The van der Waals surface area contributed by atoms with Crippen molar-refractivity contribution in [2.75, 3.05) is 6.54 Å². The molecule has 0 rings (SSSR count). The molecule has 1 atom stereocenters. The summed E-state index contributed by atoms with van der Waals surface area (Å²) in [6.07, 6.45) is 14.3. The molecule has 0 bridgehead atoms. The maximum absolute atomic E-state index is 11.6. The molecule has 0 aliphatic carbocycles. The van der Waals surface area contributed by atoms with Gasteiger partial charge in [0.25, 0.3) is 0 Å². The number of allylic oxidation sites excluding steroid dienone is 1. The Bertz CT molecular complexity index is 264. The summed E-state index contributed by atoms with van der Waals surface area (Å²) in [6, 6.07) is 0. The molecule has 0 fully saturated rings. The molecule has 0 N–H and O–H groups in total. The van der Waals surface area contributed by atoms with Crippen LogP contribution in [0.15, 0.2) is 11.6 Å². The molecule has 0 spiro atoms. The van der Waals surface area contributed by atoms with Crippen LogP contribution in [0.5, 0.6) is 0 Å². The van der Waals surface area contributed by atoms with E-state index in [2.05, 4.69) is 13.8 Å². The SMILES string of the molecule is CCCCCCCCCC(C)/C=[N+](/[O-])CC=C(C)C. The average Bonchev–Trinajstić information content (AvgIpc) is 2.35. The molecule has 0 radical (unpaired) electrons. The van der Waals surface area contributed by atoms with Gasteiger partial charge < -0.3 is 5.21 Å². The molecule has 2 heteroatoms. The highest BCUT2D eigenvalue weighted by Crippen LogP contribution is 2.11. The highest BCUT2D eigenvalue weighted by molar-refractivity contribution is 5.54. The lowest BCUT2D eigenvalue weighted by molar-refractivity contribution is -0.443. The largest absolute Gasteiger partial charge is 0.624 e. The summed E-state index contributed by atoms with van der Waals surface area (Å²) in [5, 5.41) is 11.6. The van der Waals surface area contributed by atoms with Crippen LogP contribution < -0.4 is 0 Å². The van der Waals surface area contributed by atoms with Gasteiger partial charge in [0.2, 0.25) is 0 Å². The van der Waals surface area contributed by atoms with Gasteiger partial charge in [0.05, 0.1) is 0 Å². The fourth-order valence-electron chi connectivity index (χ4n) is 2.12. The van der Waals surface area contributed by atoms with Crippen LogP contribution in [-0.2, 0) is 0 Å². The van der Waals surface area contributed by atoms with Crippen molar-refractivity contribution in [3.8, 4) is 0 Å². The highest BCUT2D eigenvalue weighted by atomic mass is 16.5. The Morgan fingerprint density at radius 2 is 1.63 bits per heavy atom. The molecule has 0 heterocycles. The molecule has 1 unspecified atom stereocenters. The van der Waals surface area contributed by atoms with Crippen molar-refractivity contribution in [2.24, 2.45) is 5.92 Å². The van der Waals surface area contributed by atoms with E-state index in [1.807, 2.05) is 26.1 Å². The number of hydroxylamine groups is 1. The van der Waals surface area contributed by atoms with E-state index in [1.54, 1.807) is 0 Å². The number of hydrogen-bond acceptors (Lipinski definition) is 1. The number of rotatable bonds is 11. The first-order chi connectivity index (χ1) is 9.06. The third-order valence-corrected chi connectivity index (χ3v) is 3.36. The minimum atomic E-state index is 0.402. The molecule has 0 aromatic rings. The molecule has 0 aliphatic heterocycles. The van der Waals surface area contributed by atoms with Gasteiger partial charge in [-0.15, -0.1) is 0 Å². The quantitative estimate of drug-likeness (QED) is 0.124. The van der Waals surface area contributed by atoms with E-state index >= 15 is 0 Å². The lowest BCUT2D eigenvalue weighted by Gasteiger charge is -2.07. The molecular weight excluding hydrogens is 234 g/mol. The summed E-state index contributed by atoms with van der Waals surface area (Å²) in [5.41, 5.74) is 1.20. The van der Waals surface area contributed by atoms with Crippen molar-refractivity contribution in [2.45, 2.75) is 79.1 Å². The standard InChI is InChI=1S/C17H33NO/c1-5-6-7-8-9-10-11-12-17(4)15-18(19)14-13-16(2)3/h13,15,17H,5-12,14H2,1-4H3/b18-15+. The van der Waals surface area contributed by atoms with Gasteiger partial charge in [-0.05, 0) is 26.3 Å². The van der Waals surface area contributed by atoms with Crippen molar-refractivity contribution in [1.82, 2.24) is 0 Å². The number of nitrogens with zero attached hydrogens (tertiary/aromatic N) is 1.